The summed E-state index contributed by atoms with van der Waals surface area (Å²) in [5.41, 5.74) is 0.0231. The lowest BCUT2D eigenvalue weighted by atomic mass is 9.97. The third kappa shape index (κ3) is 4.49. The van der Waals surface area contributed by atoms with E-state index in [0.29, 0.717) is 19.4 Å². The Balaban J connectivity index is 2.53. The molecule has 0 bridgehead atoms. The van der Waals surface area contributed by atoms with Crippen LogP contribution in [0.1, 0.15) is 26.7 Å². The van der Waals surface area contributed by atoms with Crippen molar-refractivity contribution in [3.05, 3.63) is 24.3 Å². The van der Waals surface area contributed by atoms with E-state index in [1.165, 1.54) is 12.1 Å². The maximum absolute atomic E-state index is 11.9. The van der Waals surface area contributed by atoms with Crippen molar-refractivity contribution < 1.29 is 18.6 Å². The second-order valence-corrected chi connectivity index (χ2v) is 4.19. The fourth-order valence-electron chi connectivity index (χ4n) is 1.52. The van der Waals surface area contributed by atoms with E-state index in [-0.39, 0.29) is 5.75 Å². The van der Waals surface area contributed by atoms with Crippen molar-refractivity contribution >= 4 is 5.69 Å². The van der Waals surface area contributed by atoms with Gasteiger partial charge in [-0.3, -0.25) is 0 Å². The smallest absolute Gasteiger partial charge is 0.387 e. The van der Waals surface area contributed by atoms with Crippen LogP contribution in [0.2, 0.25) is 0 Å². The molecule has 0 aliphatic rings. The number of rotatable bonds is 7. The zero-order valence-corrected chi connectivity index (χ0v) is 10.6. The second-order valence-electron chi connectivity index (χ2n) is 4.19. The first-order valence-corrected chi connectivity index (χ1v) is 6.00. The van der Waals surface area contributed by atoms with Crippen molar-refractivity contribution in [3.63, 3.8) is 0 Å². The van der Waals surface area contributed by atoms with E-state index in [4.69, 9.17) is 0 Å². The lowest BCUT2D eigenvalue weighted by molar-refractivity contribution is -0.0498. The summed E-state index contributed by atoms with van der Waals surface area (Å²) in [5, 5.41) is 13.2. The highest BCUT2D eigenvalue weighted by Crippen LogP contribution is 2.20. The molecule has 1 rings (SSSR count). The lowest BCUT2D eigenvalue weighted by Crippen LogP contribution is -2.35. The first-order chi connectivity index (χ1) is 8.49. The molecule has 2 N–H and O–H groups in total. The van der Waals surface area contributed by atoms with Crippen LogP contribution in [0.15, 0.2) is 24.3 Å². The molecule has 1 aromatic carbocycles. The molecule has 0 aromatic heterocycles. The van der Waals surface area contributed by atoms with Crippen LogP contribution in [0.3, 0.4) is 0 Å². The summed E-state index contributed by atoms with van der Waals surface area (Å²) in [6.45, 7) is 1.46. The van der Waals surface area contributed by atoms with E-state index in [9.17, 15) is 13.9 Å². The highest BCUT2D eigenvalue weighted by atomic mass is 19.3. The maximum Gasteiger partial charge on any atom is 0.387 e. The summed E-state index contributed by atoms with van der Waals surface area (Å²) in [6, 6.07) is 6.21. The first-order valence-electron chi connectivity index (χ1n) is 6.00. The number of anilines is 1. The van der Waals surface area contributed by atoms with E-state index >= 15 is 0 Å². The van der Waals surface area contributed by atoms with Crippen LogP contribution in [-0.4, -0.2) is 23.9 Å². The number of aliphatic hydroxyl groups is 1. The van der Waals surface area contributed by atoms with Crippen LogP contribution in [0.5, 0.6) is 5.75 Å². The molecule has 0 heterocycles. The predicted molar refractivity (Wildman–Crippen MR) is 67.1 cm³/mol. The molecule has 0 atom stereocenters. The third-order valence-corrected chi connectivity index (χ3v) is 3.02. The van der Waals surface area contributed by atoms with Gasteiger partial charge < -0.3 is 15.2 Å². The normalized spacial score (nSPS) is 11.7. The third-order valence-electron chi connectivity index (χ3n) is 3.02. The Morgan fingerprint density at radius 1 is 1.22 bits per heavy atom. The quantitative estimate of drug-likeness (QED) is 0.789. The molecule has 18 heavy (non-hydrogen) atoms. The number of ether oxygens (including phenoxy) is 1. The summed E-state index contributed by atoms with van der Waals surface area (Å²) in [4.78, 5) is 0. The second kappa shape index (κ2) is 6.54. The molecule has 0 saturated carbocycles. The van der Waals surface area contributed by atoms with Gasteiger partial charge in [-0.15, -0.1) is 0 Å². The van der Waals surface area contributed by atoms with Crippen LogP contribution in [0, 0.1) is 0 Å². The molecule has 102 valence electrons. The molecule has 0 fully saturated rings. The van der Waals surface area contributed by atoms with Crippen LogP contribution < -0.4 is 10.1 Å². The molecule has 0 aliphatic carbocycles. The minimum absolute atomic E-state index is 0.122. The Morgan fingerprint density at radius 3 is 2.22 bits per heavy atom. The molecular formula is C13H19F2NO2. The van der Waals surface area contributed by atoms with E-state index in [2.05, 4.69) is 10.1 Å². The highest BCUT2D eigenvalue weighted by molar-refractivity contribution is 5.46. The summed E-state index contributed by atoms with van der Waals surface area (Å²) >= 11 is 0. The number of nitrogens with one attached hydrogen (secondary N) is 1. The van der Waals surface area contributed by atoms with Gasteiger partial charge in [0.2, 0.25) is 0 Å². The molecule has 0 aliphatic heterocycles. The Morgan fingerprint density at radius 2 is 1.78 bits per heavy atom. The molecule has 0 radical (unpaired) electrons. The van der Waals surface area contributed by atoms with Gasteiger partial charge in [-0.1, -0.05) is 13.8 Å². The van der Waals surface area contributed by atoms with Gasteiger partial charge in [0.25, 0.3) is 0 Å². The average molecular weight is 259 g/mol. The van der Waals surface area contributed by atoms with Crippen molar-refractivity contribution in [2.45, 2.75) is 38.9 Å². The minimum Gasteiger partial charge on any atom is -0.435 e. The molecule has 0 unspecified atom stereocenters. The lowest BCUT2D eigenvalue weighted by Gasteiger charge is -2.26. The number of alkyl halides is 2. The Bertz CT molecular complexity index is 351. The Labute approximate surface area is 106 Å². The summed E-state index contributed by atoms with van der Waals surface area (Å²) < 4.78 is 28.1. The van der Waals surface area contributed by atoms with Crippen LogP contribution >= 0.6 is 0 Å². The van der Waals surface area contributed by atoms with E-state index in [1.54, 1.807) is 12.1 Å². The number of hydrogen-bond donors (Lipinski definition) is 2. The fourth-order valence-corrected chi connectivity index (χ4v) is 1.52. The predicted octanol–water partition coefficient (Wildman–Crippen LogP) is 3.25. The summed E-state index contributed by atoms with van der Waals surface area (Å²) in [5.74, 6) is 0.122. The zero-order valence-electron chi connectivity index (χ0n) is 10.6. The van der Waals surface area contributed by atoms with Gasteiger partial charge in [-0.2, -0.15) is 8.78 Å². The first kappa shape index (κ1) is 14.7. The van der Waals surface area contributed by atoms with E-state index in [1.807, 2.05) is 13.8 Å². The molecule has 1 aromatic rings. The van der Waals surface area contributed by atoms with Gasteiger partial charge in [0.15, 0.2) is 0 Å². The molecule has 5 heteroatoms. The van der Waals surface area contributed by atoms with Crippen LogP contribution in [0.4, 0.5) is 14.5 Å². The monoisotopic (exact) mass is 259 g/mol. The zero-order chi connectivity index (χ0) is 13.6. The number of halogens is 2. The van der Waals surface area contributed by atoms with Gasteiger partial charge in [0.05, 0.1) is 5.60 Å². The average Bonchev–Trinajstić information content (AvgIpc) is 2.37. The van der Waals surface area contributed by atoms with Crippen LogP contribution in [0.25, 0.3) is 0 Å². The fraction of sp³-hybridized carbons (Fsp3) is 0.538. The van der Waals surface area contributed by atoms with Crippen molar-refractivity contribution in [2.75, 3.05) is 11.9 Å². The molecular weight excluding hydrogens is 240 g/mol. The summed E-state index contributed by atoms with van der Waals surface area (Å²) in [6.07, 6.45) is 1.31. The van der Waals surface area contributed by atoms with Crippen molar-refractivity contribution in [2.24, 2.45) is 0 Å². The summed E-state index contributed by atoms with van der Waals surface area (Å²) in [7, 11) is 0. The van der Waals surface area contributed by atoms with Gasteiger partial charge in [0.1, 0.15) is 5.75 Å². The molecule has 0 saturated heterocycles. The van der Waals surface area contributed by atoms with Crippen LogP contribution in [-0.2, 0) is 0 Å². The minimum atomic E-state index is -2.81. The van der Waals surface area contributed by atoms with Gasteiger partial charge in [0, 0.05) is 12.2 Å². The van der Waals surface area contributed by atoms with Crippen molar-refractivity contribution in [1.29, 1.82) is 0 Å². The standard InChI is InChI=1S/C13H19F2NO2/c1-3-13(17,4-2)9-16-10-5-7-11(8-6-10)18-12(14)15/h5-8,12,16-17H,3-4,9H2,1-2H3. The largest absolute Gasteiger partial charge is 0.435 e. The van der Waals surface area contributed by atoms with Crippen molar-refractivity contribution in [3.8, 4) is 5.75 Å². The SMILES string of the molecule is CCC(O)(CC)CNc1ccc(OC(F)F)cc1. The maximum atomic E-state index is 11.9. The molecule has 3 nitrogen and oxygen atoms in total. The number of benzene rings is 1. The highest BCUT2D eigenvalue weighted by Gasteiger charge is 2.21. The topological polar surface area (TPSA) is 41.5 Å². The Kier molecular flexibility index (Phi) is 5.34. The Hall–Kier alpha value is -1.36. The van der Waals surface area contributed by atoms with Gasteiger partial charge in [-0.05, 0) is 37.1 Å². The van der Waals surface area contributed by atoms with Gasteiger partial charge >= 0.3 is 6.61 Å². The van der Waals surface area contributed by atoms with Gasteiger partial charge in [-0.25, -0.2) is 0 Å². The molecule has 0 spiro atoms. The number of hydrogen-bond acceptors (Lipinski definition) is 3. The molecule has 0 amide bonds. The van der Waals surface area contributed by atoms with E-state index < -0.39 is 12.2 Å². The van der Waals surface area contributed by atoms with E-state index in [0.717, 1.165) is 5.69 Å². The van der Waals surface area contributed by atoms with Crippen molar-refractivity contribution in [1.82, 2.24) is 0 Å².